The molecule has 70 valence electrons. The summed E-state index contributed by atoms with van der Waals surface area (Å²) in [6.45, 7) is 4.84. The summed E-state index contributed by atoms with van der Waals surface area (Å²) in [5.74, 6) is 0.553. The van der Waals surface area contributed by atoms with Gasteiger partial charge in [0, 0.05) is 20.1 Å². The van der Waals surface area contributed by atoms with Crippen molar-refractivity contribution in [2.24, 2.45) is 5.92 Å². The van der Waals surface area contributed by atoms with Crippen LogP contribution in [0.2, 0.25) is 0 Å². The fourth-order valence-electron chi connectivity index (χ4n) is 0.984. The topological polar surface area (TPSA) is 45.0 Å². The molecule has 1 atom stereocenters. The van der Waals surface area contributed by atoms with Crippen LogP contribution in [0, 0.1) is 17.2 Å². The third-order valence-electron chi connectivity index (χ3n) is 1.59. The fraction of sp³-hybridized carbons (Fsp3) is 0.889. The maximum Gasteiger partial charge on any atom is 0.0622 e. The summed E-state index contributed by atoms with van der Waals surface area (Å²) in [5.41, 5.74) is 0. The molecule has 0 aromatic rings. The van der Waals surface area contributed by atoms with Gasteiger partial charge in [0.15, 0.2) is 0 Å². The lowest BCUT2D eigenvalue weighted by atomic mass is 10.2. The van der Waals surface area contributed by atoms with Gasteiger partial charge in [0.05, 0.1) is 6.07 Å². The van der Waals surface area contributed by atoms with Crippen LogP contribution in [0.15, 0.2) is 0 Å². The van der Waals surface area contributed by atoms with Crippen LogP contribution in [0.4, 0.5) is 0 Å². The second-order valence-electron chi connectivity index (χ2n) is 3.03. The molecule has 3 nitrogen and oxygen atoms in total. The van der Waals surface area contributed by atoms with E-state index in [1.54, 1.807) is 7.11 Å². The number of unbranched alkanes of at least 4 members (excludes halogenated alkanes) is 1. The van der Waals surface area contributed by atoms with E-state index in [0.29, 0.717) is 12.3 Å². The lowest BCUT2D eigenvalue weighted by Gasteiger charge is -2.10. The van der Waals surface area contributed by atoms with E-state index < -0.39 is 0 Å². The number of nitriles is 1. The van der Waals surface area contributed by atoms with Crippen LogP contribution in [-0.4, -0.2) is 26.8 Å². The van der Waals surface area contributed by atoms with Gasteiger partial charge in [0.1, 0.15) is 0 Å². The predicted octanol–water partition coefficient (Wildman–Crippen LogP) is 1.16. The molecule has 0 spiro atoms. The SMILES string of the molecule is COCC(C)CNCCCC#N. The molecule has 1 unspecified atom stereocenters. The van der Waals surface area contributed by atoms with E-state index in [0.717, 1.165) is 26.1 Å². The Bertz CT molecular complexity index is 131. The number of nitrogens with zero attached hydrogens (tertiary/aromatic N) is 1. The number of nitrogens with one attached hydrogen (secondary N) is 1. The Hall–Kier alpha value is -0.590. The van der Waals surface area contributed by atoms with E-state index in [1.807, 2.05) is 0 Å². The van der Waals surface area contributed by atoms with Crippen molar-refractivity contribution in [2.45, 2.75) is 19.8 Å². The molecule has 0 saturated carbocycles. The van der Waals surface area contributed by atoms with Crippen LogP contribution in [0.3, 0.4) is 0 Å². The first kappa shape index (κ1) is 11.4. The summed E-state index contributed by atoms with van der Waals surface area (Å²) in [4.78, 5) is 0. The highest BCUT2D eigenvalue weighted by Crippen LogP contribution is 1.92. The highest BCUT2D eigenvalue weighted by Gasteiger charge is 1.98. The summed E-state index contributed by atoms with van der Waals surface area (Å²) >= 11 is 0. The van der Waals surface area contributed by atoms with Crippen LogP contribution < -0.4 is 5.32 Å². The molecule has 0 radical (unpaired) electrons. The van der Waals surface area contributed by atoms with Crippen molar-refractivity contribution in [3.8, 4) is 6.07 Å². The van der Waals surface area contributed by atoms with Gasteiger partial charge in [-0.05, 0) is 25.4 Å². The monoisotopic (exact) mass is 170 g/mol. The smallest absolute Gasteiger partial charge is 0.0622 e. The molecular weight excluding hydrogens is 152 g/mol. The van der Waals surface area contributed by atoms with Gasteiger partial charge >= 0.3 is 0 Å². The second-order valence-corrected chi connectivity index (χ2v) is 3.03. The average Bonchev–Trinajstić information content (AvgIpc) is 2.05. The number of rotatable bonds is 7. The van der Waals surface area contributed by atoms with Crippen molar-refractivity contribution in [2.75, 3.05) is 26.8 Å². The first-order chi connectivity index (χ1) is 5.81. The molecule has 0 aromatic carbocycles. The normalized spacial score (nSPS) is 12.4. The molecule has 3 heteroatoms. The molecule has 0 heterocycles. The Balaban J connectivity index is 3.04. The van der Waals surface area contributed by atoms with Crippen molar-refractivity contribution in [3.05, 3.63) is 0 Å². The molecule has 0 aliphatic heterocycles. The van der Waals surface area contributed by atoms with Crippen LogP contribution in [0.1, 0.15) is 19.8 Å². The third-order valence-corrected chi connectivity index (χ3v) is 1.59. The van der Waals surface area contributed by atoms with Crippen LogP contribution in [0.25, 0.3) is 0 Å². The maximum atomic E-state index is 8.26. The van der Waals surface area contributed by atoms with Crippen molar-refractivity contribution < 1.29 is 4.74 Å². The highest BCUT2D eigenvalue weighted by atomic mass is 16.5. The van der Waals surface area contributed by atoms with Gasteiger partial charge in [-0.3, -0.25) is 0 Å². The minimum atomic E-state index is 0.553. The molecule has 0 bridgehead atoms. The van der Waals surface area contributed by atoms with Crippen LogP contribution in [-0.2, 0) is 4.74 Å². The number of hydrogen-bond acceptors (Lipinski definition) is 3. The lowest BCUT2D eigenvalue weighted by molar-refractivity contribution is 0.158. The average molecular weight is 170 g/mol. The second kappa shape index (κ2) is 8.51. The molecule has 0 saturated heterocycles. The Labute approximate surface area is 74.7 Å². The first-order valence-electron chi connectivity index (χ1n) is 4.38. The minimum absolute atomic E-state index is 0.553. The van der Waals surface area contributed by atoms with Gasteiger partial charge in [0.25, 0.3) is 0 Å². The quantitative estimate of drug-likeness (QED) is 0.583. The van der Waals surface area contributed by atoms with E-state index in [2.05, 4.69) is 18.3 Å². The fourth-order valence-corrected chi connectivity index (χ4v) is 0.984. The van der Waals surface area contributed by atoms with Gasteiger partial charge in [-0.1, -0.05) is 6.92 Å². The van der Waals surface area contributed by atoms with Gasteiger partial charge in [0.2, 0.25) is 0 Å². The van der Waals surface area contributed by atoms with Gasteiger partial charge in [-0.2, -0.15) is 5.26 Å². The molecule has 0 aliphatic carbocycles. The molecule has 0 aromatic heterocycles. The predicted molar refractivity (Wildman–Crippen MR) is 48.8 cm³/mol. The largest absolute Gasteiger partial charge is 0.384 e. The van der Waals surface area contributed by atoms with Crippen LogP contribution >= 0.6 is 0 Å². The number of hydrogen-bond donors (Lipinski definition) is 1. The zero-order valence-corrected chi connectivity index (χ0v) is 7.97. The van der Waals surface area contributed by atoms with Crippen molar-refractivity contribution >= 4 is 0 Å². The molecule has 0 rings (SSSR count). The lowest BCUT2D eigenvalue weighted by Crippen LogP contribution is -2.24. The zero-order valence-electron chi connectivity index (χ0n) is 7.97. The van der Waals surface area contributed by atoms with E-state index in [9.17, 15) is 0 Å². The summed E-state index contributed by atoms with van der Waals surface area (Å²) in [6, 6.07) is 2.12. The molecule has 1 N–H and O–H groups in total. The van der Waals surface area contributed by atoms with Gasteiger partial charge in [-0.15, -0.1) is 0 Å². The maximum absolute atomic E-state index is 8.26. The van der Waals surface area contributed by atoms with Crippen LogP contribution in [0.5, 0.6) is 0 Å². The standard InChI is InChI=1S/C9H18N2O/c1-9(8-12-2)7-11-6-4-3-5-10/h9,11H,3-4,6-8H2,1-2H3. The first-order valence-corrected chi connectivity index (χ1v) is 4.38. The Morgan fingerprint density at radius 1 is 1.58 bits per heavy atom. The zero-order chi connectivity index (χ0) is 9.23. The molecular formula is C9H18N2O. The number of methoxy groups -OCH3 is 1. The molecule has 0 amide bonds. The van der Waals surface area contributed by atoms with Crippen molar-refractivity contribution in [1.29, 1.82) is 5.26 Å². The number of ether oxygens (including phenoxy) is 1. The van der Waals surface area contributed by atoms with Crippen molar-refractivity contribution in [1.82, 2.24) is 5.32 Å². The van der Waals surface area contributed by atoms with Gasteiger partial charge in [-0.25, -0.2) is 0 Å². The summed E-state index contributed by atoms with van der Waals surface area (Å²) in [6.07, 6.45) is 1.59. The van der Waals surface area contributed by atoms with Crippen molar-refractivity contribution in [3.63, 3.8) is 0 Å². The highest BCUT2D eigenvalue weighted by molar-refractivity contribution is 4.69. The van der Waals surface area contributed by atoms with E-state index in [-0.39, 0.29) is 0 Å². The Kier molecular flexibility index (Phi) is 8.09. The summed E-state index contributed by atoms with van der Waals surface area (Å²) < 4.78 is 4.99. The van der Waals surface area contributed by atoms with E-state index >= 15 is 0 Å². The van der Waals surface area contributed by atoms with Gasteiger partial charge < -0.3 is 10.1 Å². The summed E-state index contributed by atoms with van der Waals surface area (Å²) in [5, 5.41) is 11.5. The summed E-state index contributed by atoms with van der Waals surface area (Å²) in [7, 11) is 1.71. The molecule has 0 fully saturated rings. The Morgan fingerprint density at radius 2 is 2.33 bits per heavy atom. The minimum Gasteiger partial charge on any atom is -0.384 e. The van der Waals surface area contributed by atoms with E-state index in [1.165, 1.54) is 0 Å². The van der Waals surface area contributed by atoms with E-state index in [4.69, 9.17) is 10.00 Å². The molecule has 12 heavy (non-hydrogen) atoms. The Morgan fingerprint density at radius 3 is 2.92 bits per heavy atom. The third kappa shape index (κ3) is 7.52. The molecule has 0 aliphatic rings.